The summed E-state index contributed by atoms with van der Waals surface area (Å²) in [7, 11) is -0.819. The molecule has 2 heteroatoms. The zero-order chi connectivity index (χ0) is 7.33. The SMILES string of the molecule is CCOCC[PH](C)(C)C. The molecule has 58 valence electrons. The second kappa shape index (κ2) is 4.24. The van der Waals surface area contributed by atoms with Crippen LogP contribution in [-0.4, -0.2) is 39.4 Å². The van der Waals surface area contributed by atoms with Gasteiger partial charge in [-0.2, -0.15) is 0 Å². The van der Waals surface area contributed by atoms with Crippen molar-refractivity contribution in [3.05, 3.63) is 0 Å². The number of ether oxygens (including phenoxy) is 1. The Labute approximate surface area is 59.1 Å². The molecule has 0 aromatic rings. The van der Waals surface area contributed by atoms with Gasteiger partial charge in [-0.05, 0) is 0 Å². The fourth-order valence-corrected chi connectivity index (χ4v) is 1.28. The Morgan fingerprint density at radius 2 is 1.78 bits per heavy atom. The van der Waals surface area contributed by atoms with Crippen LogP contribution < -0.4 is 0 Å². The molecule has 0 fully saturated rings. The summed E-state index contributed by atoms with van der Waals surface area (Å²) < 4.78 is 5.24. The summed E-state index contributed by atoms with van der Waals surface area (Å²) in [5.74, 6) is 0. The molecule has 0 N–H and O–H groups in total. The zero-order valence-corrected chi connectivity index (χ0v) is 8.03. The van der Waals surface area contributed by atoms with Gasteiger partial charge in [0, 0.05) is 0 Å². The second-order valence-electron chi connectivity index (χ2n) is 3.51. The second-order valence-corrected chi connectivity index (χ2v) is 9.13. The third-order valence-electron chi connectivity index (χ3n) is 1.20. The molecule has 9 heavy (non-hydrogen) atoms. The van der Waals surface area contributed by atoms with E-state index in [1.54, 1.807) is 0 Å². The van der Waals surface area contributed by atoms with Crippen molar-refractivity contribution < 1.29 is 4.74 Å². The summed E-state index contributed by atoms with van der Waals surface area (Å²) in [5.41, 5.74) is 0. The van der Waals surface area contributed by atoms with Crippen molar-refractivity contribution in [1.82, 2.24) is 0 Å². The first-order valence-electron chi connectivity index (χ1n) is 3.64. The predicted octanol–water partition coefficient (Wildman–Crippen LogP) is 1.66. The average Bonchev–Trinajstić information content (AvgIpc) is 1.63. The fourth-order valence-electron chi connectivity index (χ4n) is 0.523. The Morgan fingerprint density at radius 1 is 1.22 bits per heavy atom. The summed E-state index contributed by atoms with van der Waals surface area (Å²) in [6.45, 7) is 11.0. The standard InChI is InChI=1S/C7H19OP/c1-5-8-6-7-9(2,3)4/h9H,5-7H2,1-4H3. The maximum atomic E-state index is 5.24. The van der Waals surface area contributed by atoms with Gasteiger partial charge < -0.3 is 0 Å². The molecule has 0 aliphatic carbocycles. The third-order valence-corrected chi connectivity index (χ3v) is 2.90. The van der Waals surface area contributed by atoms with Crippen LogP contribution in [0.15, 0.2) is 0 Å². The minimum absolute atomic E-state index is 0.819. The van der Waals surface area contributed by atoms with E-state index in [0.717, 1.165) is 13.2 Å². The normalized spacial score (nSPS) is 13.8. The Hall–Kier alpha value is 0.390. The van der Waals surface area contributed by atoms with E-state index < -0.39 is 7.26 Å². The molecule has 0 aliphatic rings. The molecule has 0 aliphatic heterocycles. The minimum atomic E-state index is -0.819. The molecule has 0 amide bonds. The molecule has 0 atom stereocenters. The van der Waals surface area contributed by atoms with Crippen LogP contribution in [0.2, 0.25) is 0 Å². The van der Waals surface area contributed by atoms with Crippen LogP contribution in [0.3, 0.4) is 0 Å². The van der Waals surface area contributed by atoms with Crippen molar-refractivity contribution in [1.29, 1.82) is 0 Å². The molecule has 0 rings (SSSR count). The van der Waals surface area contributed by atoms with Crippen molar-refractivity contribution in [2.45, 2.75) is 6.92 Å². The van der Waals surface area contributed by atoms with Crippen LogP contribution >= 0.6 is 7.26 Å². The van der Waals surface area contributed by atoms with Gasteiger partial charge in [0.05, 0.1) is 0 Å². The third kappa shape index (κ3) is 8.39. The Kier molecular flexibility index (Phi) is 4.43. The van der Waals surface area contributed by atoms with E-state index in [0.29, 0.717) is 0 Å². The van der Waals surface area contributed by atoms with Crippen LogP contribution in [0.1, 0.15) is 6.92 Å². The monoisotopic (exact) mass is 150 g/mol. The van der Waals surface area contributed by atoms with E-state index in [4.69, 9.17) is 4.74 Å². The average molecular weight is 150 g/mol. The Balaban J connectivity index is 3.07. The first-order chi connectivity index (χ1) is 4.06. The molecule has 1 nitrogen and oxygen atoms in total. The molecule has 0 spiro atoms. The summed E-state index contributed by atoms with van der Waals surface area (Å²) in [6, 6.07) is 0. The van der Waals surface area contributed by atoms with Crippen LogP contribution in [0.5, 0.6) is 0 Å². The van der Waals surface area contributed by atoms with Crippen LogP contribution in [-0.2, 0) is 4.74 Å². The molecule has 0 aromatic carbocycles. The van der Waals surface area contributed by atoms with E-state index in [9.17, 15) is 0 Å². The van der Waals surface area contributed by atoms with Crippen molar-refractivity contribution >= 4 is 7.26 Å². The van der Waals surface area contributed by atoms with Crippen LogP contribution in [0.25, 0.3) is 0 Å². The van der Waals surface area contributed by atoms with Crippen LogP contribution in [0, 0.1) is 0 Å². The summed E-state index contributed by atoms with van der Waals surface area (Å²) in [5, 5.41) is 0. The van der Waals surface area contributed by atoms with Crippen molar-refractivity contribution in [2.75, 3.05) is 39.4 Å². The van der Waals surface area contributed by atoms with E-state index in [2.05, 4.69) is 20.0 Å². The molecule has 0 bridgehead atoms. The van der Waals surface area contributed by atoms with Gasteiger partial charge in [-0.15, -0.1) is 0 Å². The quantitative estimate of drug-likeness (QED) is 0.437. The van der Waals surface area contributed by atoms with Gasteiger partial charge in [0.2, 0.25) is 0 Å². The summed E-state index contributed by atoms with van der Waals surface area (Å²) >= 11 is 0. The zero-order valence-electron chi connectivity index (χ0n) is 7.03. The van der Waals surface area contributed by atoms with Crippen LogP contribution in [0.4, 0.5) is 0 Å². The molecule has 0 radical (unpaired) electrons. The summed E-state index contributed by atoms with van der Waals surface area (Å²) in [6.07, 6.45) is 1.29. The summed E-state index contributed by atoms with van der Waals surface area (Å²) in [4.78, 5) is 0. The Morgan fingerprint density at radius 3 is 2.11 bits per heavy atom. The van der Waals surface area contributed by atoms with E-state index in [1.807, 2.05) is 6.92 Å². The number of rotatable bonds is 4. The number of hydrogen-bond acceptors (Lipinski definition) is 1. The van der Waals surface area contributed by atoms with Crippen molar-refractivity contribution in [2.24, 2.45) is 0 Å². The molecule has 0 saturated heterocycles. The predicted molar refractivity (Wildman–Crippen MR) is 47.4 cm³/mol. The van der Waals surface area contributed by atoms with Gasteiger partial charge in [-0.25, -0.2) is 0 Å². The topological polar surface area (TPSA) is 9.23 Å². The van der Waals surface area contributed by atoms with Gasteiger partial charge in [-0.3, -0.25) is 0 Å². The van der Waals surface area contributed by atoms with E-state index >= 15 is 0 Å². The van der Waals surface area contributed by atoms with E-state index in [1.165, 1.54) is 6.16 Å². The molecule has 0 saturated carbocycles. The van der Waals surface area contributed by atoms with Gasteiger partial charge in [0.1, 0.15) is 0 Å². The van der Waals surface area contributed by atoms with E-state index in [-0.39, 0.29) is 0 Å². The Bertz CT molecular complexity index is 65.8. The molecule has 0 heterocycles. The maximum absolute atomic E-state index is 5.24. The molecule has 0 unspecified atom stereocenters. The number of hydrogen-bond donors (Lipinski definition) is 0. The van der Waals surface area contributed by atoms with Crippen molar-refractivity contribution in [3.63, 3.8) is 0 Å². The molecular formula is C7H19OP. The first-order valence-corrected chi connectivity index (χ1v) is 7.35. The first kappa shape index (κ1) is 9.39. The van der Waals surface area contributed by atoms with Gasteiger partial charge in [-0.1, -0.05) is 0 Å². The fraction of sp³-hybridized carbons (Fsp3) is 1.00. The molecular weight excluding hydrogens is 131 g/mol. The van der Waals surface area contributed by atoms with Gasteiger partial charge in [0.25, 0.3) is 0 Å². The molecule has 0 aromatic heterocycles. The van der Waals surface area contributed by atoms with Crippen molar-refractivity contribution in [3.8, 4) is 0 Å². The van der Waals surface area contributed by atoms with Gasteiger partial charge >= 0.3 is 58.3 Å². The van der Waals surface area contributed by atoms with Gasteiger partial charge in [0.15, 0.2) is 0 Å².